The van der Waals surface area contributed by atoms with Gasteiger partial charge in [-0.05, 0) is 36.1 Å². The molecule has 1 aromatic rings. The molecule has 0 heterocycles. The fourth-order valence-electron chi connectivity index (χ4n) is 1.80. The molecule has 120 valence electrons. The molecule has 0 amide bonds. The molecule has 1 rings (SSSR count). The minimum absolute atomic E-state index is 0.323. The summed E-state index contributed by atoms with van der Waals surface area (Å²) >= 11 is 1.28. The van der Waals surface area contributed by atoms with Crippen LogP contribution in [0.2, 0.25) is 0 Å². The molecule has 21 heavy (non-hydrogen) atoms. The van der Waals surface area contributed by atoms with E-state index in [1.165, 1.54) is 17.8 Å². The van der Waals surface area contributed by atoms with Crippen LogP contribution in [0.25, 0.3) is 0 Å². The van der Waals surface area contributed by atoms with Gasteiger partial charge in [-0.15, -0.1) is 11.8 Å². The van der Waals surface area contributed by atoms with Gasteiger partial charge in [0, 0.05) is 17.2 Å². The van der Waals surface area contributed by atoms with Gasteiger partial charge in [0.25, 0.3) is 0 Å². The van der Waals surface area contributed by atoms with Crippen LogP contribution in [0.5, 0.6) is 0 Å². The molecule has 0 aliphatic heterocycles. The van der Waals surface area contributed by atoms with Crippen molar-refractivity contribution in [1.82, 2.24) is 5.32 Å². The topological polar surface area (TPSA) is 12.0 Å². The van der Waals surface area contributed by atoms with Crippen molar-refractivity contribution in [3.63, 3.8) is 0 Å². The van der Waals surface area contributed by atoms with Gasteiger partial charge in [0.1, 0.15) is 0 Å². The maximum absolute atomic E-state index is 13.2. The summed E-state index contributed by atoms with van der Waals surface area (Å²) in [6.45, 7) is 9.41. The predicted octanol–water partition coefficient (Wildman–Crippen LogP) is 5.20. The van der Waals surface area contributed by atoms with Crippen LogP contribution in [-0.4, -0.2) is 12.3 Å². The summed E-state index contributed by atoms with van der Waals surface area (Å²) in [5.41, 5.74) is 0.161. The lowest BCUT2D eigenvalue weighted by Crippen LogP contribution is -2.19. The molecular weight excluding hydrogens is 295 g/mol. The Balaban J connectivity index is 2.86. The molecule has 0 radical (unpaired) electrons. The van der Waals surface area contributed by atoms with Gasteiger partial charge < -0.3 is 5.32 Å². The molecule has 1 N–H and O–H groups in total. The molecule has 0 saturated carbocycles. The highest BCUT2D eigenvalue weighted by Crippen LogP contribution is 2.37. The second-order valence-corrected chi connectivity index (χ2v) is 7.12. The Labute approximate surface area is 129 Å². The Morgan fingerprint density at radius 1 is 1.10 bits per heavy atom. The van der Waals surface area contributed by atoms with Crippen LogP contribution in [0.1, 0.15) is 38.8 Å². The van der Waals surface area contributed by atoms with E-state index in [0.29, 0.717) is 34.6 Å². The van der Waals surface area contributed by atoms with E-state index in [2.05, 4.69) is 19.2 Å². The standard InChI is InChI=1S/C16H24F3NS/c1-11(2)8-20-9-13-5-6-15(21-10-12(3)4)14(7-13)16(17,18)19/h5-7,11-12,20H,8-10H2,1-4H3. The Morgan fingerprint density at radius 2 is 1.76 bits per heavy atom. The third-order valence-electron chi connectivity index (χ3n) is 2.80. The van der Waals surface area contributed by atoms with Gasteiger partial charge in [0.2, 0.25) is 0 Å². The second-order valence-electron chi connectivity index (χ2n) is 6.06. The summed E-state index contributed by atoms with van der Waals surface area (Å²) in [5.74, 6) is 1.53. The molecule has 0 bridgehead atoms. The number of benzene rings is 1. The van der Waals surface area contributed by atoms with Gasteiger partial charge in [-0.3, -0.25) is 0 Å². The first kappa shape index (κ1) is 18.4. The van der Waals surface area contributed by atoms with Crippen molar-refractivity contribution in [2.24, 2.45) is 11.8 Å². The Morgan fingerprint density at radius 3 is 2.29 bits per heavy atom. The highest BCUT2D eigenvalue weighted by atomic mass is 32.2. The van der Waals surface area contributed by atoms with E-state index in [-0.39, 0.29) is 0 Å². The number of hydrogen-bond donors (Lipinski definition) is 1. The van der Waals surface area contributed by atoms with E-state index in [0.717, 1.165) is 6.54 Å². The van der Waals surface area contributed by atoms with E-state index in [1.54, 1.807) is 12.1 Å². The van der Waals surface area contributed by atoms with E-state index in [1.807, 2.05) is 13.8 Å². The monoisotopic (exact) mass is 319 g/mol. The summed E-state index contributed by atoms with van der Waals surface area (Å²) in [5, 5.41) is 3.18. The fourth-order valence-corrected chi connectivity index (χ4v) is 2.80. The molecule has 1 aromatic carbocycles. The number of nitrogens with one attached hydrogen (secondary N) is 1. The Kier molecular flexibility index (Phi) is 7.07. The van der Waals surface area contributed by atoms with Crippen molar-refractivity contribution in [1.29, 1.82) is 0 Å². The average molecular weight is 319 g/mol. The van der Waals surface area contributed by atoms with Gasteiger partial charge in [0.15, 0.2) is 0 Å². The van der Waals surface area contributed by atoms with Crippen molar-refractivity contribution >= 4 is 11.8 Å². The first-order valence-electron chi connectivity index (χ1n) is 7.23. The molecule has 0 aliphatic carbocycles. The molecule has 0 fully saturated rings. The Hall–Kier alpha value is -0.680. The summed E-state index contributed by atoms with van der Waals surface area (Å²) < 4.78 is 39.5. The lowest BCUT2D eigenvalue weighted by atomic mass is 10.1. The minimum Gasteiger partial charge on any atom is -0.312 e. The van der Waals surface area contributed by atoms with Crippen LogP contribution >= 0.6 is 11.8 Å². The zero-order valence-electron chi connectivity index (χ0n) is 13.1. The van der Waals surface area contributed by atoms with Crippen LogP contribution in [0.3, 0.4) is 0 Å². The number of alkyl halides is 3. The van der Waals surface area contributed by atoms with Gasteiger partial charge in [-0.25, -0.2) is 0 Å². The molecule has 5 heteroatoms. The first-order chi connectivity index (χ1) is 9.70. The normalized spacial score (nSPS) is 12.4. The van der Waals surface area contributed by atoms with Crippen LogP contribution in [-0.2, 0) is 12.7 Å². The zero-order valence-corrected chi connectivity index (χ0v) is 13.9. The summed E-state index contributed by atoms with van der Waals surface area (Å²) in [4.78, 5) is 0.323. The fraction of sp³-hybridized carbons (Fsp3) is 0.625. The van der Waals surface area contributed by atoms with Gasteiger partial charge in [-0.1, -0.05) is 33.8 Å². The maximum Gasteiger partial charge on any atom is 0.417 e. The van der Waals surface area contributed by atoms with Crippen LogP contribution in [0.4, 0.5) is 13.2 Å². The van der Waals surface area contributed by atoms with Crippen molar-refractivity contribution < 1.29 is 13.2 Å². The molecule has 1 nitrogen and oxygen atoms in total. The van der Waals surface area contributed by atoms with Crippen molar-refractivity contribution in [2.75, 3.05) is 12.3 Å². The van der Waals surface area contributed by atoms with E-state index >= 15 is 0 Å². The highest BCUT2D eigenvalue weighted by molar-refractivity contribution is 7.99. The molecule has 0 spiro atoms. The lowest BCUT2D eigenvalue weighted by Gasteiger charge is -2.15. The molecule has 0 unspecified atom stereocenters. The quantitative estimate of drug-likeness (QED) is 0.693. The van der Waals surface area contributed by atoms with Crippen molar-refractivity contribution in [2.45, 2.75) is 45.3 Å². The number of halogens is 3. The van der Waals surface area contributed by atoms with Crippen molar-refractivity contribution in [3.05, 3.63) is 29.3 Å². The summed E-state index contributed by atoms with van der Waals surface area (Å²) in [7, 11) is 0. The lowest BCUT2D eigenvalue weighted by molar-refractivity contribution is -0.139. The molecule has 0 aromatic heterocycles. The third kappa shape index (κ3) is 6.74. The third-order valence-corrected chi connectivity index (χ3v) is 4.30. The molecular formula is C16H24F3NS. The number of thioether (sulfide) groups is 1. The van der Waals surface area contributed by atoms with Gasteiger partial charge in [0.05, 0.1) is 5.56 Å². The molecule has 0 aliphatic rings. The van der Waals surface area contributed by atoms with Crippen LogP contribution in [0, 0.1) is 11.8 Å². The van der Waals surface area contributed by atoms with E-state index in [4.69, 9.17) is 0 Å². The van der Waals surface area contributed by atoms with Gasteiger partial charge in [-0.2, -0.15) is 13.2 Å². The number of rotatable bonds is 7. The number of hydrogen-bond acceptors (Lipinski definition) is 2. The van der Waals surface area contributed by atoms with Crippen molar-refractivity contribution in [3.8, 4) is 0 Å². The first-order valence-corrected chi connectivity index (χ1v) is 8.22. The average Bonchev–Trinajstić information content (AvgIpc) is 2.35. The maximum atomic E-state index is 13.2. The minimum atomic E-state index is -4.30. The van der Waals surface area contributed by atoms with E-state index in [9.17, 15) is 13.2 Å². The van der Waals surface area contributed by atoms with E-state index < -0.39 is 11.7 Å². The highest BCUT2D eigenvalue weighted by Gasteiger charge is 2.33. The molecule has 0 saturated heterocycles. The van der Waals surface area contributed by atoms with Gasteiger partial charge >= 0.3 is 6.18 Å². The predicted molar refractivity (Wildman–Crippen MR) is 83.6 cm³/mol. The van der Waals surface area contributed by atoms with Crippen LogP contribution in [0.15, 0.2) is 23.1 Å². The summed E-state index contributed by atoms with van der Waals surface area (Å²) in [6, 6.07) is 4.66. The summed E-state index contributed by atoms with van der Waals surface area (Å²) in [6.07, 6.45) is -4.30. The molecule has 0 atom stereocenters. The SMILES string of the molecule is CC(C)CNCc1ccc(SCC(C)C)c(C(F)(F)F)c1. The largest absolute Gasteiger partial charge is 0.417 e. The Bertz CT molecular complexity index is 442. The zero-order chi connectivity index (χ0) is 16.0. The van der Waals surface area contributed by atoms with Crippen LogP contribution < -0.4 is 5.32 Å². The smallest absolute Gasteiger partial charge is 0.312 e. The second kappa shape index (κ2) is 8.08.